The Kier molecular flexibility index (Phi) is 4.79. The van der Waals surface area contributed by atoms with Gasteiger partial charge < -0.3 is 15.7 Å². The highest BCUT2D eigenvalue weighted by Gasteiger charge is 2.12. The van der Waals surface area contributed by atoms with E-state index in [1.54, 1.807) is 36.4 Å². The van der Waals surface area contributed by atoms with E-state index in [0.717, 1.165) is 3.57 Å². The monoisotopic (exact) mass is 396 g/mol. The molecule has 0 spiro atoms. The van der Waals surface area contributed by atoms with Crippen molar-refractivity contribution in [2.24, 2.45) is 0 Å². The zero-order chi connectivity index (χ0) is 15.4. The topological polar surface area (TPSA) is 78.4 Å². The quantitative estimate of drug-likeness (QED) is 0.698. The van der Waals surface area contributed by atoms with Gasteiger partial charge in [-0.25, -0.2) is 0 Å². The molecule has 21 heavy (non-hydrogen) atoms. The number of nitrogens with one attached hydrogen (secondary N) is 2. The van der Waals surface area contributed by atoms with Crippen molar-refractivity contribution < 1.29 is 14.7 Å². The average Bonchev–Trinajstić information content (AvgIpc) is 2.41. The van der Waals surface area contributed by atoms with Crippen molar-refractivity contribution in [1.82, 2.24) is 0 Å². The number of hydrogen-bond acceptors (Lipinski definition) is 3. The van der Waals surface area contributed by atoms with E-state index in [4.69, 9.17) is 0 Å². The van der Waals surface area contributed by atoms with Crippen molar-refractivity contribution in [3.8, 4) is 5.75 Å². The number of benzene rings is 2. The Balaban J connectivity index is 2.19. The average molecular weight is 396 g/mol. The Morgan fingerprint density at radius 2 is 1.71 bits per heavy atom. The van der Waals surface area contributed by atoms with Crippen LogP contribution in [0.2, 0.25) is 0 Å². The number of halogens is 1. The third-order valence-electron chi connectivity index (χ3n) is 2.64. The first kappa shape index (κ1) is 15.3. The predicted octanol–water partition coefficient (Wildman–Crippen LogP) is 3.21. The molecule has 0 saturated carbocycles. The molecular formula is C15H13IN2O3. The van der Waals surface area contributed by atoms with E-state index in [2.05, 4.69) is 33.2 Å². The Morgan fingerprint density at radius 1 is 1.05 bits per heavy atom. The third-order valence-corrected chi connectivity index (χ3v) is 3.32. The molecule has 0 bridgehead atoms. The van der Waals surface area contributed by atoms with Crippen LogP contribution in [0.5, 0.6) is 5.75 Å². The molecule has 108 valence electrons. The van der Waals surface area contributed by atoms with Crippen LogP contribution in [0.1, 0.15) is 17.3 Å². The molecule has 0 unspecified atom stereocenters. The predicted molar refractivity (Wildman–Crippen MR) is 89.5 cm³/mol. The molecule has 0 saturated heterocycles. The maximum Gasteiger partial charge on any atom is 0.259 e. The van der Waals surface area contributed by atoms with Crippen LogP contribution >= 0.6 is 22.6 Å². The second kappa shape index (κ2) is 6.57. The van der Waals surface area contributed by atoms with Crippen molar-refractivity contribution >= 4 is 45.8 Å². The summed E-state index contributed by atoms with van der Waals surface area (Å²) in [6.45, 7) is 1.41. The molecule has 2 aromatic rings. The molecule has 6 heteroatoms. The van der Waals surface area contributed by atoms with E-state index in [1.165, 1.54) is 13.0 Å². The lowest BCUT2D eigenvalue weighted by Gasteiger charge is -2.09. The van der Waals surface area contributed by atoms with Gasteiger partial charge in [-0.1, -0.05) is 6.07 Å². The molecule has 0 aliphatic heterocycles. The number of aromatic hydroxyl groups is 1. The number of amides is 2. The van der Waals surface area contributed by atoms with Crippen LogP contribution in [-0.4, -0.2) is 16.9 Å². The number of anilines is 2. The Hall–Kier alpha value is -2.09. The van der Waals surface area contributed by atoms with E-state index in [-0.39, 0.29) is 17.2 Å². The summed E-state index contributed by atoms with van der Waals surface area (Å²) < 4.78 is 0.850. The van der Waals surface area contributed by atoms with Crippen LogP contribution in [0.3, 0.4) is 0 Å². The van der Waals surface area contributed by atoms with E-state index < -0.39 is 5.91 Å². The molecule has 2 aromatic carbocycles. The summed E-state index contributed by atoms with van der Waals surface area (Å²) in [7, 11) is 0. The van der Waals surface area contributed by atoms with Crippen LogP contribution < -0.4 is 10.6 Å². The van der Waals surface area contributed by atoms with E-state index in [0.29, 0.717) is 11.4 Å². The lowest BCUT2D eigenvalue weighted by molar-refractivity contribution is -0.114. The molecule has 0 aliphatic carbocycles. The van der Waals surface area contributed by atoms with Gasteiger partial charge in [-0.2, -0.15) is 0 Å². The van der Waals surface area contributed by atoms with Gasteiger partial charge in [0.1, 0.15) is 5.75 Å². The van der Waals surface area contributed by atoms with Gasteiger partial charge in [-0.3, -0.25) is 9.59 Å². The summed E-state index contributed by atoms with van der Waals surface area (Å²) in [5.41, 5.74) is 1.32. The SMILES string of the molecule is CC(=O)Nc1cccc(NC(=O)c2cc(I)ccc2O)c1. The van der Waals surface area contributed by atoms with Gasteiger partial charge in [-0.05, 0) is 59.0 Å². The van der Waals surface area contributed by atoms with Crippen molar-refractivity contribution in [2.75, 3.05) is 10.6 Å². The second-order valence-corrected chi connectivity index (χ2v) is 5.62. The molecule has 0 aromatic heterocycles. The van der Waals surface area contributed by atoms with Crippen molar-refractivity contribution in [1.29, 1.82) is 0 Å². The van der Waals surface area contributed by atoms with Gasteiger partial charge in [0, 0.05) is 21.9 Å². The summed E-state index contributed by atoms with van der Waals surface area (Å²) >= 11 is 2.07. The summed E-state index contributed by atoms with van der Waals surface area (Å²) in [5.74, 6) is -0.675. The fourth-order valence-corrected chi connectivity index (χ4v) is 2.26. The third kappa shape index (κ3) is 4.19. The van der Waals surface area contributed by atoms with Crippen LogP contribution in [0.15, 0.2) is 42.5 Å². The van der Waals surface area contributed by atoms with Gasteiger partial charge in [0.05, 0.1) is 5.56 Å². The largest absolute Gasteiger partial charge is 0.507 e. The molecule has 2 amide bonds. The Bertz CT molecular complexity index is 701. The first-order valence-electron chi connectivity index (χ1n) is 6.13. The highest BCUT2D eigenvalue weighted by molar-refractivity contribution is 14.1. The minimum Gasteiger partial charge on any atom is -0.507 e. The summed E-state index contributed by atoms with van der Waals surface area (Å²) in [5, 5.41) is 15.1. The van der Waals surface area contributed by atoms with Gasteiger partial charge >= 0.3 is 0 Å². The van der Waals surface area contributed by atoms with Crippen molar-refractivity contribution in [3.63, 3.8) is 0 Å². The summed E-state index contributed by atoms with van der Waals surface area (Å²) in [6.07, 6.45) is 0. The number of rotatable bonds is 3. The molecule has 0 aliphatic rings. The molecule has 0 heterocycles. The molecule has 3 N–H and O–H groups in total. The van der Waals surface area contributed by atoms with Gasteiger partial charge in [0.2, 0.25) is 5.91 Å². The minimum absolute atomic E-state index is 0.0778. The summed E-state index contributed by atoms with van der Waals surface area (Å²) in [6, 6.07) is 11.6. The smallest absolute Gasteiger partial charge is 0.259 e. The highest BCUT2D eigenvalue weighted by atomic mass is 127. The molecule has 0 fully saturated rings. The van der Waals surface area contributed by atoms with Crippen molar-refractivity contribution in [2.45, 2.75) is 6.92 Å². The van der Waals surface area contributed by atoms with Crippen LogP contribution in [0.25, 0.3) is 0 Å². The number of carbonyl (C=O) groups is 2. The number of hydrogen-bond donors (Lipinski definition) is 3. The number of carbonyl (C=O) groups excluding carboxylic acids is 2. The van der Waals surface area contributed by atoms with Crippen LogP contribution in [0, 0.1) is 3.57 Å². The van der Waals surface area contributed by atoms with E-state index in [9.17, 15) is 14.7 Å². The second-order valence-electron chi connectivity index (χ2n) is 4.38. The molecule has 5 nitrogen and oxygen atoms in total. The summed E-state index contributed by atoms with van der Waals surface area (Å²) in [4.78, 5) is 23.2. The van der Waals surface area contributed by atoms with E-state index in [1.807, 2.05) is 0 Å². The lowest BCUT2D eigenvalue weighted by atomic mass is 10.2. The van der Waals surface area contributed by atoms with Crippen LogP contribution in [-0.2, 0) is 4.79 Å². The fraction of sp³-hybridized carbons (Fsp3) is 0.0667. The normalized spacial score (nSPS) is 10.0. The zero-order valence-corrected chi connectivity index (χ0v) is 13.3. The Morgan fingerprint density at radius 3 is 2.38 bits per heavy atom. The maximum atomic E-state index is 12.2. The van der Waals surface area contributed by atoms with Gasteiger partial charge in [0.25, 0.3) is 5.91 Å². The standard InChI is InChI=1S/C15H13IN2O3/c1-9(19)17-11-3-2-4-12(8-11)18-15(21)13-7-10(16)5-6-14(13)20/h2-8,20H,1H3,(H,17,19)(H,18,21). The highest BCUT2D eigenvalue weighted by Crippen LogP contribution is 2.22. The first-order valence-corrected chi connectivity index (χ1v) is 7.21. The van der Waals surface area contributed by atoms with Gasteiger partial charge in [0.15, 0.2) is 0 Å². The van der Waals surface area contributed by atoms with Crippen molar-refractivity contribution in [3.05, 3.63) is 51.6 Å². The fourth-order valence-electron chi connectivity index (χ4n) is 1.77. The number of phenols is 1. The maximum absolute atomic E-state index is 12.2. The zero-order valence-electron chi connectivity index (χ0n) is 11.2. The molecule has 0 atom stereocenters. The van der Waals surface area contributed by atoms with Crippen LogP contribution in [0.4, 0.5) is 11.4 Å². The number of phenolic OH excluding ortho intramolecular Hbond substituents is 1. The molecule has 0 radical (unpaired) electrons. The lowest BCUT2D eigenvalue weighted by Crippen LogP contribution is -2.13. The van der Waals surface area contributed by atoms with Gasteiger partial charge in [-0.15, -0.1) is 0 Å². The van der Waals surface area contributed by atoms with E-state index >= 15 is 0 Å². The Labute approximate surface area is 135 Å². The molecular weight excluding hydrogens is 383 g/mol. The minimum atomic E-state index is -0.411. The first-order chi connectivity index (χ1) is 9.95. The molecule has 2 rings (SSSR count).